The Bertz CT molecular complexity index is 1020. The van der Waals surface area contributed by atoms with E-state index in [0.29, 0.717) is 0 Å². The van der Waals surface area contributed by atoms with Gasteiger partial charge in [0.15, 0.2) is 0 Å². The molecule has 3 heteroatoms. The first-order valence-corrected chi connectivity index (χ1v) is 8.81. The lowest BCUT2D eigenvalue weighted by Gasteiger charge is -2.11. The number of para-hydroxylation sites is 2. The second-order valence-electron chi connectivity index (χ2n) is 6.36. The van der Waals surface area contributed by atoms with Crippen molar-refractivity contribution in [3.8, 4) is 0 Å². The van der Waals surface area contributed by atoms with Crippen molar-refractivity contribution < 1.29 is 0 Å². The number of rotatable bonds is 4. The molecule has 4 rings (SSSR count). The highest BCUT2D eigenvalue weighted by molar-refractivity contribution is 6.31. The summed E-state index contributed by atoms with van der Waals surface area (Å²) in [5.74, 6) is 1.04. The molecule has 2 nitrogen and oxygen atoms in total. The molecule has 0 atom stereocenters. The third-order valence-corrected chi connectivity index (χ3v) is 4.87. The predicted molar refractivity (Wildman–Crippen MR) is 104 cm³/mol. The van der Waals surface area contributed by atoms with Crippen LogP contribution in [-0.4, -0.2) is 9.55 Å². The maximum atomic E-state index is 6.37. The Morgan fingerprint density at radius 1 is 0.880 bits per heavy atom. The van der Waals surface area contributed by atoms with E-state index >= 15 is 0 Å². The first-order chi connectivity index (χ1) is 12.2. The van der Waals surface area contributed by atoms with Gasteiger partial charge in [0, 0.05) is 18.0 Å². The van der Waals surface area contributed by atoms with Gasteiger partial charge in [-0.25, -0.2) is 4.98 Å². The lowest BCUT2D eigenvalue weighted by atomic mass is 10.1. The summed E-state index contributed by atoms with van der Waals surface area (Å²) >= 11 is 6.37. The van der Waals surface area contributed by atoms with Gasteiger partial charge in [-0.15, -0.1) is 0 Å². The Labute approximate surface area is 152 Å². The van der Waals surface area contributed by atoms with Gasteiger partial charge in [0.25, 0.3) is 0 Å². The molecule has 0 aliphatic carbocycles. The first kappa shape index (κ1) is 15.9. The van der Waals surface area contributed by atoms with Crippen LogP contribution in [0.25, 0.3) is 11.0 Å². The Morgan fingerprint density at radius 3 is 2.40 bits per heavy atom. The Kier molecular flexibility index (Phi) is 4.29. The highest BCUT2D eigenvalue weighted by Crippen LogP contribution is 2.23. The number of benzene rings is 3. The molecule has 0 N–H and O–H groups in total. The number of aryl methyl sites for hydroxylation is 1. The summed E-state index contributed by atoms with van der Waals surface area (Å²) in [4.78, 5) is 4.87. The Balaban J connectivity index is 1.78. The van der Waals surface area contributed by atoms with Gasteiger partial charge in [0.1, 0.15) is 5.82 Å². The normalized spacial score (nSPS) is 11.1. The molecule has 1 heterocycles. The molecule has 0 fully saturated rings. The Morgan fingerprint density at radius 2 is 1.60 bits per heavy atom. The van der Waals surface area contributed by atoms with Crippen LogP contribution >= 0.6 is 11.6 Å². The molecular formula is C22H19ClN2. The average molecular weight is 347 g/mol. The van der Waals surface area contributed by atoms with E-state index in [-0.39, 0.29) is 0 Å². The number of aromatic nitrogens is 2. The third-order valence-electron chi connectivity index (χ3n) is 4.50. The quantitative estimate of drug-likeness (QED) is 0.467. The minimum Gasteiger partial charge on any atom is -0.323 e. The molecular weight excluding hydrogens is 328 g/mol. The number of fused-ring (bicyclic) bond motifs is 1. The van der Waals surface area contributed by atoms with Gasteiger partial charge in [-0.2, -0.15) is 0 Å². The highest BCUT2D eigenvalue weighted by Gasteiger charge is 2.12. The summed E-state index contributed by atoms with van der Waals surface area (Å²) in [6, 6.07) is 25.0. The topological polar surface area (TPSA) is 17.8 Å². The van der Waals surface area contributed by atoms with Gasteiger partial charge < -0.3 is 4.57 Å². The summed E-state index contributed by atoms with van der Waals surface area (Å²) < 4.78 is 2.29. The summed E-state index contributed by atoms with van der Waals surface area (Å²) in [5.41, 5.74) is 5.83. The van der Waals surface area contributed by atoms with Crippen molar-refractivity contribution in [3.63, 3.8) is 0 Å². The zero-order chi connectivity index (χ0) is 17.2. The van der Waals surface area contributed by atoms with Crippen LogP contribution in [0.4, 0.5) is 0 Å². The first-order valence-electron chi connectivity index (χ1n) is 8.44. The van der Waals surface area contributed by atoms with Crippen LogP contribution in [0.3, 0.4) is 0 Å². The van der Waals surface area contributed by atoms with Crippen LogP contribution in [0.15, 0.2) is 72.8 Å². The zero-order valence-corrected chi connectivity index (χ0v) is 14.9. The number of imidazole rings is 1. The number of hydrogen-bond donors (Lipinski definition) is 0. The van der Waals surface area contributed by atoms with E-state index < -0.39 is 0 Å². The molecule has 0 amide bonds. The second kappa shape index (κ2) is 6.73. The fraction of sp³-hybridized carbons (Fsp3) is 0.136. The smallest absolute Gasteiger partial charge is 0.114 e. The lowest BCUT2D eigenvalue weighted by molar-refractivity contribution is 0.762. The fourth-order valence-corrected chi connectivity index (χ4v) is 3.33. The minimum absolute atomic E-state index is 0.722. The van der Waals surface area contributed by atoms with Crippen LogP contribution in [0, 0.1) is 6.92 Å². The van der Waals surface area contributed by atoms with Gasteiger partial charge in [0.2, 0.25) is 0 Å². The zero-order valence-electron chi connectivity index (χ0n) is 14.1. The summed E-state index contributed by atoms with van der Waals surface area (Å²) in [7, 11) is 0. The van der Waals surface area contributed by atoms with Crippen LogP contribution in [0.5, 0.6) is 0 Å². The SMILES string of the molecule is Cc1ccc(Cn2c(Cc3ccccc3Cl)nc3ccccc32)cc1. The molecule has 3 aromatic carbocycles. The number of hydrogen-bond acceptors (Lipinski definition) is 1. The van der Waals surface area contributed by atoms with Crippen LogP contribution in [0.2, 0.25) is 5.02 Å². The maximum absolute atomic E-state index is 6.37. The van der Waals surface area contributed by atoms with E-state index in [1.165, 1.54) is 11.1 Å². The van der Waals surface area contributed by atoms with Gasteiger partial charge in [-0.1, -0.05) is 71.8 Å². The van der Waals surface area contributed by atoms with Crippen molar-refractivity contribution >= 4 is 22.6 Å². The molecule has 0 saturated carbocycles. The van der Waals surface area contributed by atoms with E-state index in [1.54, 1.807) is 0 Å². The van der Waals surface area contributed by atoms with Crippen LogP contribution in [0.1, 0.15) is 22.5 Å². The van der Waals surface area contributed by atoms with Crippen molar-refractivity contribution in [1.82, 2.24) is 9.55 Å². The molecule has 1 aromatic heterocycles. The van der Waals surface area contributed by atoms with Crippen molar-refractivity contribution in [1.29, 1.82) is 0 Å². The van der Waals surface area contributed by atoms with Crippen molar-refractivity contribution in [2.75, 3.05) is 0 Å². The lowest BCUT2D eigenvalue weighted by Crippen LogP contribution is -2.06. The molecule has 4 aromatic rings. The van der Waals surface area contributed by atoms with Crippen molar-refractivity contribution in [2.45, 2.75) is 19.9 Å². The molecule has 124 valence electrons. The summed E-state index contributed by atoms with van der Waals surface area (Å²) in [5, 5.41) is 0.788. The molecule has 0 saturated heterocycles. The number of nitrogens with zero attached hydrogens (tertiary/aromatic N) is 2. The van der Waals surface area contributed by atoms with E-state index in [9.17, 15) is 0 Å². The molecule has 25 heavy (non-hydrogen) atoms. The summed E-state index contributed by atoms with van der Waals surface area (Å²) in [6.45, 7) is 2.92. The van der Waals surface area contributed by atoms with E-state index in [1.807, 2.05) is 24.3 Å². The van der Waals surface area contributed by atoms with Gasteiger partial charge in [-0.3, -0.25) is 0 Å². The molecule has 0 spiro atoms. The average Bonchev–Trinajstić information content (AvgIpc) is 2.96. The van der Waals surface area contributed by atoms with Crippen molar-refractivity contribution in [2.24, 2.45) is 0 Å². The van der Waals surface area contributed by atoms with Crippen LogP contribution < -0.4 is 0 Å². The molecule has 0 aliphatic rings. The molecule has 0 bridgehead atoms. The molecule has 0 aliphatic heterocycles. The molecule has 0 unspecified atom stereocenters. The monoisotopic (exact) mass is 346 g/mol. The van der Waals surface area contributed by atoms with E-state index in [2.05, 4.69) is 60.0 Å². The van der Waals surface area contributed by atoms with E-state index in [4.69, 9.17) is 16.6 Å². The number of halogens is 1. The predicted octanol–water partition coefficient (Wildman–Crippen LogP) is 5.64. The van der Waals surface area contributed by atoms with Gasteiger partial charge in [-0.05, 0) is 36.2 Å². The highest BCUT2D eigenvalue weighted by atomic mass is 35.5. The Hall–Kier alpha value is -2.58. The van der Waals surface area contributed by atoms with Crippen molar-refractivity contribution in [3.05, 3.63) is 100 Å². The maximum Gasteiger partial charge on any atom is 0.114 e. The van der Waals surface area contributed by atoms with Crippen LogP contribution in [-0.2, 0) is 13.0 Å². The van der Waals surface area contributed by atoms with Gasteiger partial charge in [0.05, 0.1) is 11.0 Å². The molecule has 0 radical (unpaired) electrons. The summed E-state index contributed by atoms with van der Waals surface area (Å²) in [6.07, 6.45) is 0.722. The van der Waals surface area contributed by atoms with E-state index in [0.717, 1.165) is 40.4 Å². The van der Waals surface area contributed by atoms with Gasteiger partial charge >= 0.3 is 0 Å². The third kappa shape index (κ3) is 3.31. The standard InChI is InChI=1S/C22H19ClN2/c1-16-10-12-17(13-11-16)15-25-21-9-5-4-8-20(21)24-22(25)14-18-6-2-3-7-19(18)23/h2-13H,14-15H2,1H3. The fourth-order valence-electron chi connectivity index (χ4n) is 3.12. The largest absolute Gasteiger partial charge is 0.323 e. The second-order valence-corrected chi connectivity index (χ2v) is 6.76. The minimum atomic E-state index is 0.722.